The van der Waals surface area contributed by atoms with Crippen LogP contribution < -0.4 is 5.32 Å². The fourth-order valence-corrected chi connectivity index (χ4v) is 4.21. The maximum Gasteiger partial charge on any atom is 0.335 e. The van der Waals surface area contributed by atoms with E-state index in [1.165, 1.54) is 0 Å². The molecule has 4 aliphatic heterocycles. The maximum absolute atomic E-state index is 12.4. The molecule has 5 atom stereocenters. The minimum absolute atomic E-state index is 0.0542. The van der Waals surface area contributed by atoms with Crippen LogP contribution in [0, 0.1) is 0 Å². The van der Waals surface area contributed by atoms with Crippen LogP contribution in [0.15, 0.2) is 0 Å². The van der Waals surface area contributed by atoms with E-state index in [4.69, 9.17) is 14.2 Å². The number of carbonyl (C=O) groups is 3. The van der Waals surface area contributed by atoms with Crippen molar-refractivity contribution in [3.05, 3.63) is 0 Å². The minimum atomic E-state index is -0.791. The highest BCUT2D eigenvalue weighted by Crippen LogP contribution is 2.29. The van der Waals surface area contributed by atoms with E-state index >= 15 is 0 Å². The van der Waals surface area contributed by atoms with Crippen LogP contribution in [0.3, 0.4) is 0 Å². The molecule has 4 heterocycles. The molecule has 4 saturated heterocycles. The molecule has 0 aromatic heterocycles. The molecule has 0 aromatic rings. The van der Waals surface area contributed by atoms with Gasteiger partial charge in [-0.3, -0.25) is 9.59 Å². The second kappa shape index (κ2) is 6.92. The average Bonchev–Trinajstić information content (AvgIpc) is 3.35. The topological polar surface area (TPSA) is 94.2 Å². The van der Waals surface area contributed by atoms with Crippen LogP contribution in [0.25, 0.3) is 0 Å². The zero-order valence-electron chi connectivity index (χ0n) is 14.1. The molecule has 0 radical (unpaired) electrons. The molecule has 0 aliphatic carbocycles. The lowest BCUT2D eigenvalue weighted by Crippen LogP contribution is -2.62. The van der Waals surface area contributed by atoms with Crippen LogP contribution in [0.5, 0.6) is 0 Å². The van der Waals surface area contributed by atoms with Gasteiger partial charge in [0, 0.05) is 13.2 Å². The van der Waals surface area contributed by atoms with E-state index in [0.717, 1.165) is 32.3 Å². The summed E-state index contributed by atoms with van der Waals surface area (Å²) >= 11 is 0. The minimum Gasteiger partial charge on any atom is -0.461 e. The summed E-state index contributed by atoms with van der Waals surface area (Å²) in [5.74, 6) is -0.792. The lowest BCUT2D eigenvalue weighted by Gasteiger charge is -2.34. The number of esters is 1. The van der Waals surface area contributed by atoms with E-state index < -0.39 is 18.1 Å². The van der Waals surface area contributed by atoms with E-state index in [2.05, 4.69) is 5.32 Å². The van der Waals surface area contributed by atoms with E-state index in [1.807, 2.05) is 0 Å². The number of nitrogens with one attached hydrogen (secondary N) is 1. The van der Waals surface area contributed by atoms with E-state index in [-0.39, 0.29) is 36.7 Å². The predicted octanol–water partition coefficient (Wildman–Crippen LogP) is -0.254. The highest BCUT2D eigenvalue weighted by atomic mass is 16.6. The van der Waals surface area contributed by atoms with Crippen LogP contribution in [0.4, 0.5) is 0 Å². The molecule has 0 spiro atoms. The monoisotopic (exact) mass is 352 g/mol. The van der Waals surface area contributed by atoms with Crippen LogP contribution in [0.2, 0.25) is 0 Å². The van der Waals surface area contributed by atoms with Crippen molar-refractivity contribution in [1.82, 2.24) is 10.2 Å². The second-order valence-corrected chi connectivity index (χ2v) is 7.17. The number of rotatable bonds is 4. The number of hydrogen-bond donors (Lipinski definition) is 1. The van der Waals surface area contributed by atoms with Crippen molar-refractivity contribution in [2.45, 2.75) is 68.9 Å². The summed E-state index contributed by atoms with van der Waals surface area (Å²) < 4.78 is 16.7. The van der Waals surface area contributed by atoms with Gasteiger partial charge in [0.15, 0.2) is 6.10 Å². The number of ether oxygens (including phenoxy) is 3. The standard InChI is InChI=1S/C17H24N2O6/c20-15-11-3-1-7-19(11)16(21)10(18-15)9-24-17(22)14-6-5-13(25-14)12-4-2-8-23-12/h10-14H,1-9H2,(H,18,20)/t10-,11-,12?,13?,14?/m0/s1. The van der Waals surface area contributed by atoms with Gasteiger partial charge in [0.05, 0.1) is 12.2 Å². The van der Waals surface area contributed by atoms with Gasteiger partial charge in [-0.25, -0.2) is 4.79 Å². The Morgan fingerprint density at radius 3 is 2.84 bits per heavy atom. The normalized spacial score (nSPS) is 37.9. The van der Waals surface area contributed by atoms with Gasteiger partial charge >= 0.3 is 5.97 Å². The summed E-state index contributed by atoms with van der Waals surface area (Å²) in [6, 6.07) is -1.15. The summed E-state index contributed by atoms with van der Waals surface area (Å²) in [6.45, 7) is 1.20. The van der Waals surface area contributed by atoms with Gasteiger partial charge in [-0.05, 0) is 38.5 Å². The van der Waals surface area contributed by atoms with Crippen LogP contribution >= 0.6 is 0 Å². The zero-order valence-corrected chi connectivity index (χ0v) is 14.1. The third-order valence-corrected chi connectivity index (χ3v) is 5.54. The number of nitrogens with zero attached hydrogens (tertiary/aromatic N) is 1. The Kier molecular flexibility index (Phi) is 4.64. The molecular weight excluding hydrogens is 328 g/mol. The van der Waals surface area contributed by atoms with Crippen molar-refractivity contribution in [1.29, 1.82) is 0 Å². The fourth-order valence-electron chi connectivity index (χ4n) is 4.21. The summed E-state index contributed by atoms with van der Waals surface area (Å²) in [4.78, 5) is 38.3. The fraction of sp³-hybridized carbons (Fsp3) is 0.824. The molecule has 0 aromatic carbocycles. The van der Waals surface area contributed by atoms with Crippen molar-refractivity contribution < 1.29 is 28.6 Å². The van der Waals surface area contributed by atoms with Crippen molar-refractivity contribution in [2.24, 2.45) is 0 Å². The van der Waals surface area contributed by atoms with E-state index in [9.17, 15) is 14.4 Å². The SMILES string of the molecule is O=C(OC[C@@H]1NC(=O)[C@@H]2CCCN2C1=O)C1CCC(C2CCCO2)O1. The molecule has 3 unspecified atom stereocenters. The predicted molar refractivity (Wildman–Crippen MR) is 84.5 cm³/mol. The lowest BCUT2D eigenvalue weighted by atomic mass is 10.1. The largest absolute Gasteiger partial charge is 0.461 e. The van der Waals surface area contributed by atoms with Crippen molar-refractivity contribution in [3.8, 4) is 0 Å². The lowest BCUT2D eigenvalue weighted by molar-refractivity contribution is -0.162. The Balaban J connectivity index is 1.27. The Bertz CT molecular complexity index is 561. The third kappa shape index (κ3) is 3.25. The van der Waals surface area contributed by atoms with Crippen molar-refractivity contribution in [3.63, 3.8) is 0 Å². The Labute approximate surface area is 146 Å². The molecule has 2 amide bonds. The van der Waals surface area contributed by atoms with Crippen LogP contribution in [0.1, 0.15) is 38.5 Å². The molecule has 4 aliphatic rings. The smallest absolute Gasteiger partial charge is 0.335 e. The number of hydrogen-bond acceptors (Lipinski definition) is 6. The molecule has 25 heavy (non-hydrogen) atoms. The second-order valence-electron chi connectivity index (χ2n) is 7.17. The summed E-state index contributed by atoms with van der Waals surface area (Å²) in [6.07, 6.45) is 4.31. The molecule has 8 nitrogen and oxygen atoms in total. The number of amides is 2. The Hall–Kier alpha value is -1.67. The Morgan fingerprint density at radius 2 is 2.04 bits per heavy atom. The van der Waals surface area contributed by atoms with Gasteiger partial charge in [-0.15, -0.1) is 0 Å². The average molecular weight is 352 g/mol. The summed E-state index contributed by atoms with van der Waals surface area (Å²) in [5, 5.41) is 2.67. The van der Waals surface area contributed by atoms with Gasteiger partial charge in [0.25, 0.3) is 0 Å². The number of piperazine rings is 1. The number of fused-ring (bicyclic) bond motifs is 1. The van der Waals surface area contributed by atoms with Crippen LogP contribution in [-0.4, -0.2) is 72.8 Å². The highest BCUT2D eigenvalue weighted by molar-refractivity contribution is 5.97. The first kappa shape index (κ1) is 16.8. The maximum atomic E-state index is 12.4. The summed E-state index contributed by atoms with van der Waals surface area (Å²) in [7, 11) is 0. The number of carbonyl (C=O) groups excluding carboxylic acids is 3. The van der Waals surface area contributed by atoms with Gasteiger partial charge in [-0.1, -0.05) is 0 Å². The van der Waals surface area contributed by atoms with Gasteiger partial charge < -0.3 is 24.4 Å². The highest BCUT2D eigenvalue weighted by Gasteiger charge is 2.44. The Morgan fingerprint density at radius 1 is 1.16 bits per heavy atom. The van der Waals surface area contributed by atoms with Crippen molar-refractivity contribution >= 4 is 17.8 Å². The van der Waals surface area contributed by atoms with Gasteiger partial charge in [0.2, 0.25) is 11.8 Å². The van der Waals surface area contributed by atoms with Crippen LogP contribution in [-0.2, 0) is 28.6 Å². The molecule has 4 rings (SSSR count). The third-order valence-electron chi connectivity index (χ3n) is 5.54. The molecular formula is C17H24N2O6. The molecule has 0 saturated carbocycles. The quantitative estimate of drug-likeness (QED) is 0.701. The van der Waals surface area contributed by atoms with E-state index in [0.29, 0.717) is 19.4 Å². The molecule has 1 N–H and O–H groups in total. The van der Waals surface area contributed by atoms with Gasteiger partial charge in [0.1, 0.15) is 18.7 Å². The molecule has 138 valence electrons. The first-order valence-electron chi connectivity index (χ1n) is 9.18. The first-order chi connectivity index (χ1) is 12.1. The molecule has 0 bridgehead atoms. The van der Waals surface area contributed by atoms with Crippen molar-refractivity contribution in [2.75, 3.05) is 19.8 Å². The summed E-state index contributed by atoms with van der Waals surface area (Å²) in [5.41, 5.74) is 0. The zero-order chi connectivity index (χ0) is 17.4. The molecule has 4 fully saturated rings. The molecule has 8 heteroatoms. The first-order valence-corrected chi connectivity index (χ1v) is 9.18. The van der Waals surface area contributed by atoms with Gasteiger partial charge in [-0.2, -0.15) is 0 Å². The van der Waals surface area contributed by atoms with E-state index in [1.54, 1.807) is 4.90 Å².